The van der Waals surface area contributed by atoms with Gasteiger partial charge in [-0.15, -0.1) is 10.2 Å². The number of benzene rings is 2. The summed E-state index contributed by atoms with van der Waals surface area (Å²) < 4.78 is 23.8. The second kappa shape index (κ2) is 10.1. The molecular formula is C23H19ClN4O5S. The molecule has 11 heteroatoms. The molecule has 0 radical (unpaired) electrons. The van der Waals surface area contributed by atoms with Crippen LogP contribution in [0.3, 0.4) is 0 Å². The van der Waals surface area contributed by atoms with Crippen LogP contribution in [0.1, 0.15) is 11.6 Å². The SMILES string of the molecule is O=C(CSc1nnc(COc2ccc(Cl)cc2)n1Cc1ccco1)Nc1ccc2c(c1)OCO2. The van der Waals surface area contributed by atoms with Gasteiger partial charge in [0.2, 0.25) is 12.7 Å². The molecule has 0 spiro atoms. The first-order valence-electron chi connectivity index (χ1n) is 10.3. The van der Waals surface area contributed by atoms with Crippen LogP contribution in [-0.4, -0.2) is 33.2 Å². The number of nitrogens with one attached hydrogen (secondary N) is 1. The van der Waals surface area contributed by atoms with Gasteiger partial charge >= 0.3 is 0 Å². The number of carbonyl (C=O) groups excluding carboxylic acids is 1. The number of ether oxygens (including phenoxy) is 3. The Morgan fingerprint density at radius 1 is 1.12 bits per heavy atom. The van der Waals surface area contributed by atoms with Gasteiger partial charge in [-0.05, 0) is 48.5 Å². The van der Waals surface area contributed by atoms with Crippen molar-refractivity contribution in [2.75, 3.05) is 17.9 Å². The molecule has 0 atom stereocenters. The number of aromatic nitrogens is 3. The predicted molar refractivity (Wildman–Crippen MR) is 126 cm³/mol. The summed E-state index contributed by atoms with van der Waals surface area (Å²) in [5, 5.41) is 12.6. The van der Waals surface area contributed by atoms with Gasteiger partial charge in [0.15, 0.2) is 22.5 Å². The second-order valence-electron chi connectivity index (χ2n) is 7.21. The smallest absolute Gasteiger partial charge is 0.234 e. The van der Waals surface area contributed by atoms with Crippen molar-refractivity contribution in [3.63, 3.8) is 0 Å². The van der Waals surface area contributed by atoms with Crippen molar-refractivity contribution in [2.24, 2.45) is 0 Å². The molecule has 1 N–H and O–H groups in total. The summed E-state index contributed by atoms with van der Waals surface area (Å²) >= 11 is 7.21. The minimum absolute atomic E-state index is 0.142. The maximum atomic E-state index is 12.5. The Hall–Kier alpha value is -3.63. The van der Waals surface area contributed by atoms with Gasteiger partial charge in [-0.25, -0.2) is 0 Å². The van der Waals surface area contributed by atoms with Crippen molar-refractivity contribution in [3.8, 4) is 17.2 Å². The average molecular weight is 499 g/mol. The second-order valence-corrected chi connectivity index (χ2v) is 8.59. The van der Waals surface area contributed by atoms with Crippen molar-refractivity contribution < 1.29 is 23.4 Å². The lowest BCUT2D eigenvalue weighted by atomic mass is 10.3. The molecule has 1 aliphatic heterocycles. The molecular weight excluding hydrogens is 480 g/mol. The van der Waals surface area contributed by atoms with Crippen LogP contribution >= 0.6 is 23.4 Å². The monoisotopic (exact) mass is 498 g/mol. The first kappa shape index (κ1) is 22.2. The van der Waals surface area contributed by atoms with Crippen molar-refractivity contribution in [2.45, 2.75) is 18.3 Å². The summed E-state index contributed by atoms with van der Waals surface area (Å²) in [6.45, 7) is 0.780. The third-order valence-corrected chi connectivity index (χ3v) is 6.08. The lowest BCUT2D eigenvalue weighted by molar-refractivity contribution is -0.113. The maximum absolute atomic E-state index is 12.5. The highest BCUT2D eigenvalue weighted by Gasteiger charge is 2.18. The molecule has 3 heterocycles. The Kier molecular flexibility index (Phi) is 6.59. The molecule has 0 bridgehead atoms. The number of fused-ring (bicyclic) bond motifs is 1. The molecule has 0 aliphatic carbocycles. The molecule has 174 valence electrons. The molecule has 1 aliphatic rings. The van der Waals surface area contributed by atoms with Crippen LogP contribution in [0.4, 0.5) is 5.69 Å². The summed E-state index contributed by atoms with van der Waals surface area (Å²) in [5.74, 6) is 3.22. The number of furan rings is 1. The van der Waals surface area contributed by atoms with E-state index in [2.05, 4.69) is 15.5 Å². The maximum Gasteiger partial charge on any atom is 0.234 e. The van der Waals surface area contributed by atoms with Crippen molar-refractivity contribution >= 4 is 35.0 Å². The highest BCUT2D eigenvalue weighted by atomic mass is 35.5. The van der Waals surface area contributed by atoms with Crippen LogP contribution in [0, 0.1) is 0 Å². The fourth-order valence-electron chi connectivity index (χ4n) is 3.23. The fraction of sp³-hybridized carbons (Fsp3) is 0.174. The zero-order valence-corrected chi connectivity index (χ0v) is 19.3. The van der Waals surface area contributed by atoms with E-state index in [9.17, 15) is 4.79 Å². The first-order valence-corrected chi connectivity index (χ1v) is 11.7. The van der Waals surface area contributed by atoms with Crippen LogP contribution < -0.4 is 19.5 Å². The number of anilines is 1. The predicted octanol–water partition coefficient (Wildman–Crippen LogP) is 4.61. The van der Waals surface area contributed by atoms with Gasteiger partial charge in [-0.3, -0.25) is 9.36 Å². The van der Waals surface area contributed by atoms with Gasteiger partial charge in [0, 0.05) is 16.8 Å². The van der Waals surface area contributed by atoms with Gasteiger partial charge in [0.1, 0.15) is 18.1 Å². The van der Waals surface area contributed by atoms with E-state index in [-0.39, 0.29) is 25.1 Å². The fourth-order valence-corrected chi connectivity index (χ4v) is 4.11. The molecule has 1 amide bonds. The molecule has 0 saturated heterocycles. The molecule has 34 heavy (non-hydrogen) atoms. The van der Waals surface area contributed by atoms with Crippen molar-refractivity contribution in [3.05, 3.63) is 77.5 Å². The number of hydrogen-bond acceptors (Lipinski definition) is 8. The van der Waals surface area contributed by atoms with E-state index in [1.165, 1.54) is 11.8 Å². The summed E-state index contributed by atoms with van der Waals surface area (Å²) in [6.07, 6.45) is 1.61. The van der Waals surface area contributed by atoms with Gasteiger partial charge in [0.25, 0.3) is 0 Å². The van der Waals surface area contributed by atoms with Crippen molar-refractivity contribution in [1.82, 2.24) is 14.8 Å². The topological polar surface area (TPSA) is 101 Å². The van der Waals surface area contributed by atoms with E-state index in [4.69, 9.17) is 30.2 Å². The molecule has 9 nitrogen and oxygen atoms in total. The van der Waals surface area contributed by atoms with Crippen molar-refractivity contribution in [1.29, 1.82) is 0 Å². The van der Waals surface area contributed by atoms with Crippen LogP contribution in [0.5, 0.6) is 17.2 Å². The summed E-state index contributed by atoms with van der Waals surface area (Å²) in [6, 6.07) is 16.0. The normalized spacial score (nSPS) is 12.0. The number of rotatable bonds is 9. The largest absolute Gasteiger partial charge is 0.486 e. The molecule has 0 unspecified atom stereocenters. The molecule has 0 saturated carbocycles. The zero-order valence-electron chi connectivity index (χ0n) is 17.8. The minimum atomic E-state index is -0.185. The van der Waals surface area contributed by atoms with E-state index >= 15 is 0 Å². The summed E-state index contributed by atoms with van der Waals surface area (Å²) in [4.78, 5) is 12.5. The average Bonchev–Trinajstić information content (AvgIpc) is 3.59. The Bertz CT molecular complexity index is 1280. The number of nitrogens with zero attached hydrogens (tertiary/aromatic N) is 3. The molecule has 4 aromatic rings. The quantitative estimate of drug-likeness (QED) is 0.334. The van der Waals surface area contributed by atoms with Gasteiger partial charge in [-0.1, -0.05) is 23.4 Å². The Balaban J connectivity index is 1.25. The molecule has 0 fully saturated rings. The van der Waals surface area contributed by atoms with E-state index in [1.807, 2.05) is 16.7 Å². The van der Waals surface area contributed by atoms with Gasteiger partial charge in [-0.2, -0.15) is 0 Å². The number of carbonyl (C=O) groups is 1. The van der Waals surface area contributed by atoms with Gasteiger partial charge in [0.05, 0.1) is 18.6 Å². The van der Waals surface area contributed by atoms with Crippen LogP contribution in [0.25, 0.3) is 0 Å². The van der Waals surface area contributed by atoms with E-state index in [0.29, 0.717) is 45.5 Å². The Morgan fingerprint density at radius 3 is 2.79 bits per heavy atom. The van der Waals surface area contributed by atoms with E-state index in [0.717, 1.165) is 5.76 Å². The number of thioether (sulfide) groups is 1. The lowest BCUT2D eigenvalue weighted by Crippen LogP contribution is -2.15. The third kappa shape index (κ3) is 5.29. The molecule has 5 rings (SSSR count). The summed E-state index contributed by atoms with van der Waals surface area (Å²) in [5.41, 5.74) is 0.629. The first-order chi connectivity index (χ1) is 16.6. The van der Waals surface area contributed by atoms with Crippen LogP contribution in [0.2, 0.25) is 5.02 Å². The number of halogens is 1. The molecule has 2 aromatic carbocycles. The zero-order chi connectivity index (χ0) is 23.3. The standard InChI is InChI=1S/C23H19ClN4O5S/c24-15-3-6-17(7-4-15)31-12-21-26-27-23(28(21)11-18-2-1-9-30-18)34-13-22(29)25-16-5-8-19-20(10-16)33-14-32-19/h1-10H,11-14H2,(H,25,29). The van der Waals surface area contributed by atoms with E-state index in [1.54, 1.807) is 48.7 Å². The van der Waals surface area contributed by atoms with Gasteiger partial charge < -0.3 is 23.9 Å². The third-order valence-electron chi connectivity index (χ3n) is 4.86. The van der Waals surface area contributed by atoms with Crippen LogP contribution in [-0.2, 0) is 17.9 Å². The van der Waals surface area contributed by atoms with E-state index < -0.39 is 0 Å². The molecule has 2 aromatic heterocycles. The summed E-state index contributed by atoms with van der Waals surface area (Å²) in [7, 11) is 0. The Morgan fingerprint density at radius 2 is 1.97 bits per heavy atom. The Labute approximate surface area is 204 Å². The lowest BCUT2D eigenvalue weighted by Gasteiger charge is -2.10. The number of hydrogen-bond donors (Lipinski definition) is 1. The van der Waals surface area contributed by atoms with Crippen LogP contribution in [0.15, 0.2) is 70.4 Å². The highest BCUT2D eigenvalue weighted by molar-refractivity contribution is 7.99. The number of amides is 1. The highest BCUT2D eigenvalue weighted by Crippen LogP contribution is 2.34. The minimum Gasteiger partial charge on any atom is -0.486 e.